The van der Waals surface area contributed by atoms with E-state index in [1.807, 2.05) is 31.2 Å². The van der Waals surface area contributed by atoms with Crippen LogP contribution in [0, 0.1) is 29.0 Å². The third kappa shape index (κ3) is 3.00. The second-order valence-electron chi connectivity index (χ2n) is 10.5. The normalized spacial score (nSPS) is 36.5. The van der Waals surface area contributed by atoms with E-state index >= 15 is 0 Å². The van der Waals surface area contributed by atoms with Gasteiger partial charge in [-0.05, 0) is 61.4 Å². The Morgan fingerprint density at radius 2 is 2.00 bits per heavy atom. The molecule has 5 nitrogen and oxygen atoms in total. The molecule has 6 heteroatoms. The average Bonchev–Trinajstić information content (AvgIpc) is 3.25. The minimum Gasteiger partial charge on any atom is -0.460 e. The van der Waals surface area contributed by atoms with Crippen LogP contribution < -0.4 is 5.32 Å². The predicted molar refractivity (Wildman–Crippen MR) is 126 cm³/mol. The second kappa shape index (κ2) is 7.76. The lowest BCUT2D eigenvalue weighted by Gasteiger charge is -2.55. The fraction of sp³-hybridized carbons (Fsp3) is 0.464. The van der Waals surface area contributed by atoms with E-state index in [4.69, 9.17) is 4.74 Å². The number of hydrogen-bond acceptors (Lipinski definition) is 4. The molecule has 2 aromatic rings. The van der Waals surface area contributed by atoms with Gasteiger partial charge in [0, 0.05) is 24.1 Å². The van der Waals surface area contributed by atoms with Crippen LogP contribution in [0.25, 0.3) is 17.2 Å². The summed E-state index contributed by atoms with van der Waals surface area (Å²) in [5, 5.41) is 3.27. The molecule has 2 aliphatic heterocycles. The number of halogens is 1. The molecule has 2 saturated carbocycles. The first-order valence-electron chi connectivity index (χ1n) is 12.4. The number of rotatable bonds is 3. The van der Waals surface area contributed by atoms with Crippen LogP contribution >= 0.6 is 0 Å². The van der Waals surface area contributed by atoms with Crippen molar-refractivity contribution in [3.8, 4) is 11.1 Å². The number of nitrogens with zero attached hydrogens (tertiary/aromatic N) is 1. The van der Waals surface area contributed by atoms with Crippen LogP contribution in [0.2, 0.25) is 0 Å². The largest absolute Gasteiger partial charge is 0.460 e. The lowest BCUT2D eigenvalue weighted by Crippen LogP contribution is -2.66. The van der Waals surface area contributed by atoms with E-state index in [1.165, 1.54) is 25.0 Å². The lowest BCUT2D eigenvalue weighted by atomic mass is 9.48. The number of esters is 1. The van der Waals surface area contributed by atoms with Gasteiger partial charge in [-0.3, -0.25) is 14.6 Å². The van der Waals surface area contributed by atoms with Crippen LogP contribution in [0.1, 0.15) is 51.1 Å². The lowest BCUT2D eigenvalue weighted by molar-refractivity contribution is -0.151. The van der Waals surface area contributed by atoms with Crippen LogP contribution in [-0.4, -0.2) is 28.5 Å². The van der Waals surface area contributed by atoms with Crippen molar-refractivity contribution in [1.82, 2.24) is 10.3 Å². The van der Waals surface area contributed by atoms with Crippen molar-refractivity contribution in [2.24, 2.45) is 23.2 Å². The fourth-order valence-electron chi connectivity index (χ4n) is 7.50. The van der Waals surface area contributed by atoms with Crippen LogP contribution in [0.3, 0.4) is 0 Å². The first-order chi connectivity index (χ1) is 16.4. The molecule has 6 rings (SSSR count). The Labute approximate surface area is 198 Å². The maximum atomic E-state index is 13.6. The number of aromatic nitrogens is 1. The zero-order valence-electron chi connectivity index (χ0n) is 19.3. The number of hydrogen-bond donors (Lipinski definition) is 1. The molecule has 176 valence electrons. The highest BCUT2D eigenvalue weighted by atomic mass is 19.1. The number of carbonyl (C=O) groups excluding carboxylic acids is 2. The van der Waals surface area contributed by atoms with Gasteiger partial charge in [-0.15, -0.1) is 0 Å². The molecule has 0 unspecified atom stereocenters. The van der Waals surface area contributed by atoms with Gasteiger partial charge in [0.1, 0.15) is 17.3 Å². The summed E-state index contributed by atoms with van der Waals surface area (Å²) in [6.45, 7) is 1.93. The van der Waals surface area contributed by atoms with Crippen LogP contribution in [-0.2, 0) is 14.3 Å². The second-order valence-corrected chi connectivity index (χ2v) is 10.5. The third-order valence-electron chi connectivity index (χ3n) is 8.90. The van der Waals surface area contributed by atoms with E-state index in [-0.39, 0.29) is 36.1 Å². The van der Waals surface area contributed by atoms with Crippen LogP contribution in [0.15, 0.2) is 48.7 Å². The Morgan fingerprint density at radius 3 is 2.79 bits per heavy atom. The zero-order chi connectivity index (χ0) is 23.5. The quantitative estimate of drug-likeness (QED) is 0.661. The number of fused-ring (bicyclic) bond motifs is 1. The maximum Gasteiger partial charge on any atom is 0.315 e. The van der Waals surface area contributed by atoms with E-state index in [2.05, 4.69) is 16.4 Å². The van der Waals surface area contributed by atoms with Gasteiger partial charge in [-0.1, -0.05) is 43.5 Å². The SMILES string of the molecule is C[C@H]1OC(=O)[C@@]23CC(=O)N[C@@]12[C@@H](/C=C/c1ccc(-c2cccc(F)c2)cn1)[C@@H]1CCCC[C@H]1C3. The van der Waals surface area contributed by atoms with E-state index in [0.717, 1.165) is 36.1 Å². The summed E-state index contributed by atoms with van der Waals surface area (Å²) in [5.74, 6) is 0.302. The van der Waals surface area contributed by atoms with Gasteiger partial charge in [0.2, 0.25) is 5.91 Å². The summed E-state index contributed by atoms with van der Waals surface area (Å²) in [6.07, 6.45) is 11.1. The van der Waals surface area contributed by atoms with Gasteiger partial charge in [-0.25, -0.2) is 4.39 Å². The van der Waals surface area contributed by atoms with Crippen molar-refractivity contribution in [3.63, 3.8) is 0 Å². The highest BCUT2D eigenvalue weighted by Crippen LogP contribution is 2.65. The molecule has 6 atom stereocenters. The predicted octanol–water partition coefficient (Wildman–Crippen LogP) is 4.92. The van der Waals surface area contributed by atoms with Crippen LogP contribution in [0.4, 0.5) is 4.39 Å². The molecule has 1 amide bonds. The summed E-state index contributed by atoms with van der Waals surface area (Å²) < 4.78 is 19.4. The Morgan fingerprint density at radius 1 is 1.15 bits per heavy atom. The van der Waals surface area contributed by atoms with Gasteiger partial charge in [0.05, 0.1) is 11.2 Å². The van der Waals surface area contributed by atoms with Crippen LogP contribution in [0.5, 0.6) is 0 Å². The van der Waals surface area contributed by atoms with Crippen molar-refractivity contribution in [3.05, 3.63) is 60.2 Å². The van der Waals surface area contributed by atoms with Gasteiger partial charge < -0.3 is 10.1 Å². The molecule has 0 spiro atoms. The monoisotopic (exact) mass is 460 g/mol. The van der Waals surface area contributed by atoms with Gasteiger partial charge >= 0.3 is 5.97 Å². The number of cyclic esters (lactones) is 1. The molecule has 4 aliphatic rings. The molecular formula is C28H29FN2O3. The summed E-state index contributed by atoms with van der Waals surface area (Å²) in [4.78, 5) is 30.5. The number of benzene rings is 1. The molecule has 2 saturated heterocycles. The van der Waals surface area contributed by atoms with Gasteiger partial charge in [0.25, 0.3) is 0 Å². The molecule has 0 radical (unpaired) electrons. The minimum absolute atomic E-state index is 0.00384. The Hall–Kier alpha value is -3.02. The highest BCUT2D eigenvalue weighted by molar-refractivity contribution is 5.95. The molecule has 3 heterocycles. The maximum absolute atomic E-state index is 13.6. The van der Waals surface area contributed by atoms with E-state index in [9.17, 15) is 14.0 Å². The highest BCUT2D eigenvalue weighted by Gasteiger charge is 2.76. The number of nitrogens with one attached hydrogen (secondary N) is 1. The molecule has 1 aromatic carbocycles. The molecule has 2 aliphatic carbocycles. The van der Waals surface area contributed by atoms with Crippen molar-refractivity contribution in [2.45, 2.75) is 57.1 Å². The van der Waals surface area contributed by atoms with Crippen molar-refractivity contribution in [1.29, 1.82) is 0 Å². The summed E-state index contributed by atoms with van der Waals surface area (Å²) in [5.41, 5.74) is 0.963. The minimum atomic E-state index is -0.772. The number of amides is 1. The molecule has 34 heavy (non-hydrogen) atoms. The Kier molecular flexibility index (Phi) is 4.91. The smallest absolute Gasteiger partial charge is 0.315 e. The first-order valence-corrected chi connectivity index (χ1v) is 12.4. The van der Waals surface area contributed by atoms with E-state index in [1.54, 1.807) is 12.3 Å². The average molecular weight is 461 g/mol. The molecular weight excluding hydrogens is 431 g/mol. The van der Waals surface area contributed by atoms with E-state index in [0.29, 0.717) is 11.8 Å². The third-order valence-corrected chi connectivity index (χ3v) is 8.90. The summed E-state index contributed by atoms with van der Waals surface area (Å²) >= 11 is 0. The number of ether oxygens (including phenoxy) is 1. The fourth-order valence-corrected chi connectivity index (χ4v) is 7.50. The first kappa shape index (κ1) is 21.5. The standard InChI is InChI=1S/C28H29FN2O3/c1-17-28-24(12-11-22-10-9-20(16-30-22)18-6-4-7-21(29)13-18)23-8-3-2-5-19(23)14-27(28,26(33)34-17)15-25(32)31-28/h4,6-7,9-13,16-17,19,23-24H,2-3,5,8,14-15H2,1H3,(H,31,32)/b12-11+/t17-,19+,23-,24+,27-,28-/m1/s1. The number of carbonyl (C=O) groups is 2. The molecule has 4 fully saturated rings. The number of pyridine rings is 1. The topological polar surface area (TPSA) is 68.3 Å². The van der Waals surface area contributed by atoms with E-state index < -0.39 is 11.0 Å². The summed E-state index contributed by atoms with van der Waals surface area (Å²) in [7, 11) is 0. The summed E-state index contributed by atoms with van der Waals surface area (Å²) in [6, 6.07) is 10.3. The van der Waals surface area contributed by atoms with Gasteiger partial charge in [-0.2, -0.15) is 0 Å². The van der Waals surface area contributed by atoms with Gasteiger partial charge in [0.15, 0.2) is 0 Å². The van der Waals surface area contributed by atoms with Crippen molar-refractivity contribution >= 4 is 18.0 Å². The Bertz CT molecular complexity index is 1180. The van der Waals surface area contributed by atoms with Crippen molar-refractivity contribution < 1.29 is 18.7 Å². The molecule has 0 bridgehead atoms. The zero-order valence-corrected chi connectivity index (χ0v) is 19.3. The Balaban J connectivity index is 1.36. The molecule has 1 aromatic heterocycles. The van der Waals surface area contributed by atoms with Crippen molar-refractivity contribution in [2.75, 3.05) is 0 Å². The molecule has 1 N–H and O–H groups in total.